The highest BCUT2D eigenvalue weighted by Gasteiger charge is 2.23. The molecule has 0 atom stereocenters. The number of ether oxygens (including phenoxy) is 1. The van der Waals surface area contributed by atoms with E-state index in [-0.39, 0.29) is 16.2 Å². The molecule has 0 aliphatic rings. The van der Waals surface area contributed by atoms with Crippen LogP contribution in [-0.4, -0.2) is 38.0 Å². The van der Waals surface area contributed by atoms with Gasteiger partial charge in [-0.05, 0) is 44.4 Å². The second-order valence-electron chi connectivity index (χ2n) is 5.51. The van der Waals surface area contributed by atoms with Gasteiger partial charge in [0.25, 0.3) is 0 Å². The molecule has 1 N–H and O–H groups in total. The van der Waals surface area contributed by atoms with E-state index < -0.39 is 21.4 Å². The van der Waals surface area contributed by atoms with Crippen LogP contribution in [0.5, 0.6) is 0 Å². The van der Waals surface area contributed by atoms with Gasteiger partial charge in [0.1, 0.15) is 0 Å². The smallest absolute Gasteiger partial charge is 0.336 e. The number of sulfone groups is 1. The summed E-state index contributed by atoms with van der Waals surface area (Å²) in [4.78, 5) is 11.3. The highest BCUT2D eigenvalue weighted by Crippen LogP contribution is 2.21. The van der Waals surface area contributed by atoms with Crippen molar-refractivity contribution >= 4 is 15.8 Å². The molecule has 0 aliphatic carbocycles. The maximum atomic E-state index is 12.3. The summed E-state index contributed by atoms with van der Waals surface area (Å²) in [6.07, 6.45) is 0.877. The van der Waals surface area contributed by atoms with E-state index in [9.17, 15) is 13.2 Å². The number of benzene rings is 1. The molecule has 118 valence electrons. The minimum absolute atomic E-state index is 0.0454. The van der Waals surface area contributed by atoms with Gasteiger partial charge in [-0.15, -0.1) is 0 Å². The van der Waals surface area contributed by atoms with Gasteiger partial charge < -0.3 is 9.84 Å². The SMILES string of the molecule is CCc1ccc(S(=O)(=O)CCC(C)(C)OC)cc1C(=O)O. The predicted molar refractivity (Wildman–Crippen MR) is 80.5 cm³/mol. The van der Waals surface area contributed by atoms with E-state index >= 15 is 0 Å². The van der Waals surface area contributed by atoms with E-state index in [1.807, 2.05) is 20.8 Å². The highest BCUT2D eigenvalue weighted by molar-refractivity contribution is 7.91. The topological polar surface area (TPSA) is 80.7 Å². The van der Waals surface area contributed by atoms with E-state index in [1.165, 1.54) is 19.2 Å². The molecule has 1 aromatic carbocycles. The Morgan fingerprint density at radius 1 is 1.33 bits per heavy atom. The average Bonchev–Trinajstić information content (AvgIpc) is 2.44. The van der Waals surface area contributed by atoms with Gasteiger partial charge in [-0.3, -0.25) is 0 Å². The number of rotatable bonds is 7. The molecule has 0 unspecified atom stereocenters. The zero-order valence-corrected chi connectivity index (χ0v) is 13.7. The van der Waals surface area contributed by atoms with Crippen molar-refractivity contribution < 1.29 is 23.1 Å². The maximum absolute atomic E-state index is 12.3. The lowest BCUT2D eigenvalue weighted by Crippen LogP contribution is -2.26. The third-order valence-electron chi connectivity index (χ3n) is 3.58. The second kappa shape index (κ2) is 6.58. The summed E-state index contributed by atoms with van der Waals surface area (Å²) in [5, 5.41) is 9.17. The first-order valence-corrected chi connectivity index (χ1v) is 8.42. The van der Waals surface area contributed by atoms with Gasteiger partial charge in [0.05, 0.1) is 21.8 Å². The van der Waals surface area contributed by atoms with Gasteiger partial charge in [-0.2, -0.15) is 0 Å². The normalized spacial score (nSPS) is 12.4. The van der Waals surface area contributed by atoms with Crippen molar-refractivity contribution in [1.29, 1.82) is 0 Å². The Morgan fingerprint density at radius 3 is 2.43 bits per heavy atom. The van der Waals surface area contributed by atoms with Crippen LogP contribution in [-0.2, 0) is 21.0 Å². The van der Waals surface area contributed by atoms with Crippen molar-refractivity contribution in [3.63, 3.8) is 0 Å². The van der Waals surface area contributed by atoms with Crippen LogP contribution in [0.2, 0.25) is 0 Å². The monoisotopic (exact) mass is 314 g/mol. The first-order valence-electron chi connectivity index (χ1n) is 6.77. The van der Waals surface area contributed by atoms with E-state index in [0.717, 1.165) is 0 Å². The molecular weight excluding hydrogens is 292 g/mol. The molecule has 0 spiro atoms. The molecular formula is C15H22O5S. The molecule has 5 nitrogen and oxygen atoms in total. The van der Waals surface area contributed by atoms with Crippen LogP contribution in [0.3, 0.4) is 0 Å². The van der Waals surface area contributed by atoms with Crippen LogP contribution in [0.25, 0.3) is 0 Å². The summed E-state index contributed by atoms with van der Waals surface area (Å²) < 4.78 is 29.9. The molecule has 0 saturated heterocycles. The second-order valence-corrected chi connectivity index (χ2v) is 7.62. The molecule has 6 heteroatoms. The Balaban J connectivity index is 3.09. The Hall–Kier alpha value is -1.40. The Morgan fingerprint density at radius 2 is 1.95 bits per heavy atom. The number of aryl methyl sites for hydroxylation is 1. The minimum atomic E-state index is -3.53. The average molecular weight is 314 g/mol. The summed E-state index contributed by atoms with van der Waals surface area (Å²) in [6.45, 7) is 5.45. The molecule has 0 aliphatic heterocycles. The first kappa shape index (κ1) is 17.7. The van der Waals surface area contributed by atoms with Crippen molar-refractivity contribution in [2.45, 2.75) is 44.1 Å². The molecule has 1 aromatic rings. The first-order chi connectivity index (χ1) is 9.63. The maximum Gasteiger partial charge on any atom is 0.336 e. The third kappa shape index (κ3) is 4.54. The summed E-state index contributed by atoms with van der Waals surface area (Å²) >= 11 is 0. The molecule has 0 aromatic heterocycles. The molecule has 0 fully saturated rings. The summed E-state index contributed by atoms with van der Waals surface area (Å²) in [6, 6.07) is 4.29. The molecule has 1 rings (SSSR count). The lowest BCUT2D eigenvalue weighted by atomic mass is 10.1. The molecule has 0 bridgehead atoms. The number of aromatic carboxylic acids is 1. The van der Waals surface area contributed by atoms with Crippen LogP contribution in [0.15, 0.2) is 23.1 Å². The van der Waals surface area contributed by atoms with Crippen molar-refractivity contribution in [1.82, 2.24) is 0 Å². The van der Waals surface area contributed by atoms with Gasteiger partial charge >= 0.3 is 5.97 Å². The van der Waals surface area contributed by atoms with Crippen molar-refractivity contribution in [3.8, 4) is 0 Å². The number of carboxylic acid groups (broad SMARTS) is 1. The van der Waals surface area contributed by atoms with E-state index in [1.54, 1.807) is 6.07 Å². The van der Waals surface area contributed by atoms with Gasteiger partial charge in [0.2, 0.25) is 0 Å². The number of carboxylic acids is 1. The number of methoxy groups -OCH3 is 1. The Bertz CT molecular complexity index is 617. The number of carbonyl (C=O) groups is 1. The lowest BCUT2D eigenvalue weighted by molar-refractivity contribution is 0.0203. The largest absolute Gasteiger partial charge is 0.478 e. The number of hydrogen-bond donors (Lipinski definition) is 1. The summed E-state index contributed by atoms with van der Waals surface area (Å²) in [5.74, 6) is -1.20. The lowest BCUT2D eigenvalue weighted by Gasteiger charge is -2.22. The molecule has 21 heavy (non-hydrogen) atoms. The van der Waals surface area contributed by atoms with Gasteiger partial charge in [-0.25, -0.2) is 13.2 Å². The molecule has 0 radical (unpaired) electrons. The van der Waals surface area contributed by atoms with Crippen molar-refractivity contribution in [2.75, 3.05) is 12.9 Å². The van der Waals surface area contributed by atoms with Gasteiger partial charge in [-0.1, -0.05) is 13.0 Å². The standard InChI is InChI=1S/C15H22O5S/c1-5-11-6-7-12(10-13(11)14(16)17)21(18,19)9-8-15(2,3)20-4/h6-7,10H,5,8-9H2,1-4H3,(H,16,17). The fourth-order valence-electron chi connectivity index (χ4n) is 1.86. The van der Waals surface area contributed by atoms with Crippen LogP contribution >= 0.6 is 0 Å². The third-order valence-corrected chi connectivity index (χ3v) is 5.29. The summed E-state index contributed by atoms with van der Waals surface area (Å²) in [5.41, 5.74) is 0.134. The molecule has 0 heterocycles. The van der Waals surface area contributed by atoms with Gasteiger partial charge in [0, 0.05) is 7.11 Å². The van der Waals surface area contributed by atoms with Crippen LogP contribution in [0, 0.1) is 0 Å². The van der Waals surface area contributed by atoms with Crippen LogP contribution in [0.1, 0.15) is 43.1 Å². The number of hydrogen-bond acceptors (Lipinski definition) is 4. The Labute approximate surface area is 125 Å². The zero-order chi connectivity index (χ0) is 16.3. The predicted octanol–water partition coefficient (Wildman–Crippen LogP) is 2.54. The quantitative estimate of drug-likeness (QED) is 0.836. The van der Waals surface area contributed by atoms with Crippen molar-refractivity contribution in [2.24, 2.45) is 0 Å². The fourth-order valence-corrected chi connectivity index (χ4v) is 3.43. The van der Waals surface area contributed by atoms with E-state index in [2.05, 4.69) is 0 Å². The zero-order valence-electron chi connectivity index (χ0n) is 12.8. The Kier molecular flexibility index (Phi) is 5.53. The minimum Gasteiger partial charge on any atom is -0.478 e. The van der Waals surface area contributed by atoms with E-state index in [0.29, 0.717) is 18.4 Å². The van der Waals surface area contributed by atoms with Gasteiger partial charge in [0.15, 0.2) is 9.84 Å². The molecule has 0 amide bonds. The van der Waals surface area contributed by atoms with Crippen molar-refractivity contribution in [3.05, 3.63) is 29.3 Å². The van der Waals surface area contributed by atoms with Crippen LogP contribution in [0.4, 0.5) is 0 Å². The fraction of sp³-hybridized carbons (Fsp3) is 0.533. The summed E-state index contributed by atoms with van der Waals surface area (Å²) in [7, 11) is -1.99. The van der Waals surface area contributed by atoms with E-state index in [4.69, 9.17) is 9.84 Å². The van der Waals surface area contributed by atoms with Crippen LogP contribution < -0.4 is 0 Å². The molecule has 0 saturated carbocycles. The highest BCUT2D eigenvalue weighted by atomic mass is 32.2.